The van der Waals surface area contributed by atoms with E-state index in [1.165, 1.54) is 6.07 Å². The van der Waals surface area contributed by atoms with Gasteiger partial charge in [-0.25, -0.2) is 0 Å². The van der Waals surface area contributed by atoms with Crippen LogP contribution in [-0.2, 0) is 32.1 Å². The Morgan fingerprint density at radius 1 is 1.28 bits per heavy atom. The molecular formula is C21H24O8. The summed E-state index contributed by atoms with van der Waals surface area (Å²) in [5, 5.41) is 30.5. The van der Waals surface area contributed by atoms with Gasteiger partial charge >= 0.3 is 5.97 Å². The summed E-state index contributed by atoms with van der Waals surface area (Å²) in [6, 6.07) is 1.54. The summed E-state index contributed by atoms with van der Waals surface area (Å²) in [5.74, 6) is -3.58. The number of fused-ring (bicyclic) bond motifs is 2. The summed E-state index contributed by atoms with van der Waals surface area (Å²) in [6.07, 6.45) is -0.176. The zero-order chi connectivity index (χ0) is 21.3. The molecule has 0 radical (unpaired) electrons. The number of ketones is 2. The van der Waals surface area contributed by atoms with E-state index in [1.54, 1.807) is 6.92 Å². The van der Waals surface area contributed by atoms with Gasteiger partial charge in [-0.1, -0.05) is 13.3 Å². The maximum atomic E-state index is 12.8. The Bertz CT molecular complexity index is 892. The van der Waals surface area contributed by atoms with Crippen LogP contribution in [0.4, 0.5) is 0 Å². The standard InChI is InChI=1S/C21H24O8/c1-3-5-14(28-4-2)17-18(24)12-7-10-6-11(8-15(22)23)29-9-13(10)19(25)16(12)20(26)21(17)27/h7,11,14,24-25H,3-6,8-9H2,1-2H3,(H,22,23). The van der Waals surface area contributed by atoms with Crippen LogP contribution in [0.1, 0.15) is 60.2 Å². The first-order chi connectivity index (χ1) is 13.8. The molecule has 3 rings (SSSR count). The van der Waals surface area contributed by atoms with Gasteiger partial charge in [0.15, 0.2) is 0 Å². The third-order valence-corrected chi connectivity index (χ3v) is 5.24. The Kier molecular flexibility index (Phi) is 6.04. The number of phenolic OH excluding ortho intramolecular Hbond substituents is 1. The first-order valence-corrected chi connectivity index (χ1v) is 9.65. The molecule has 8 heteroatoms. The van der Waals surface area contributed by atoms with E-state index in [-0.39, 0.29) is 41.9 Å². The average Bonchev–Trinajstić information content (AvgIpc) is 2.66. The Morgan fingerprint density at radius 2 is 2.00 bits per heavy atom. The van der Waals surface area contributed by atoms with E-state index in [0.717, 1.165) is 0 Å². The van der Waals surface area contributed by atoms with Gasteiger partial charge in [0, 0.05) is 17.7 Å². The summed E-state index contributed by atoms with van der Waals surface area (Å²) < 4.78 is 11.1. The summed E-state index contributed by atoms with van der Waals surface area (Å²) in [6.45, 7) is 3.88. The molecule has 0 fully saturated rings. The molecule has 1 aromatic carbocycles. The van der Waals surface area contributed by atoms with Crippen LogP contribution in [0.5, 0.6) is 5.75 Å². The second-order valence-electron chi connectivity index (χ2n) is 7.17. The molecule has 2 atom stereocenters. The van der Waals surface area contributed by atoms with Gasteiger partial charge in [-0.2, -0.15) is 0 Å². The Balaban J connectivity index is 2.12. The molecule has 1 aliphatic heterocycles. The van der Waals surface area contributed by atoms with Crippen LogP contribution >= 0.6 is 0 Å². The van der Waals surface area contributed by atoms with E-state index in [2.05, 4.69) is 0 Å². The number of Topliss-reactive ketones (excluding diaryl/α,β-unsaturated/α-hetero) is 2. The van der Waals surface area contributed by atoms with Gasteiger partial charge in [-0.05, 0) is 31.4 Å². The second-order valence-corrected chi connectivity index (χ2v) is 7.17. The predicted octanol–water partition coefficient (Wildman–Crippen LogP) is 2.55. The molecular weight excluding hydrogens is 380 g/mol. The van der Waals surface area contributed by atoms with Crippen molar-refractivity contribution >= 4 is 23.3 Å². The molecule has 1 aliphatic carbocycles. The third-order valence-electron chi connectivity index (χ3n) is 5.24. The topological polar surface area (TPSA) is 130 Å². The lowest BCUT2D eigenvalue weighted by molar-refractivity contribution is -0.140. The van der Waals surface area contributed by atoms with Gasteiger partial charge in [0.05, 0.1) is 36.4 Å². The Hall–Kier alpha value is -2.71. The number of hydrogen-bond donors (Lipinski definition) is 3. The molecule has 1 heterocycles. The average molecular weight is 404 g/mol. The van der Waals surface area contributed by atoms with E-state index >= 15 is 0 Å². The van der Waals surface area contributed by atoms with E-state index in [1.807, 2.05) is 6.92 Å². The van der Waals surface area contributed by atoms with E-state index in [4.69, 9.17) is 14.6 Å². The Morgan fingerprint density at radius 3 is 2.62 bits per heavy atom. The smallest absolute Gasteiger partial charge is 0.305 e. The van der Waals surface area contributed by atoms with E-state index in [0.29, 0.717) is 30.6 Å². The lowest BCUT2D eigenvalue weighted by Gasteiger charge is -2.29. The van der Waals surface area contributed by atoms with Crippen molar-refractivity contribution in [2.24, 2.45) is 0 Å². The number of carboxylic acids is 1. The number of carbonyl (C=O) groups is 3. The number of carbonyl (C=O) groups excluding carboxylic acids is 2. The lowest BCUT2D eigenvalue weighted by Crippen LogP contribution is -2.33. The van der Waals surface area contributed by atoms with Crippen molar-refractivity contribution in [3.63, 3.8) is 0 Å². The summed E-state index contributed by atoms with van der Waals surface area (Å²) in [7, 11) is 0. The fourth-order valence-corrected chi connectivity index (χ4v) is 3.92. The number of ether oxygens (including phenoxy) is 2. The van der Waals surface area contributed by atoms with Crippen molar-refractivity contribution in [1.82, 2.24) is 0 Å². The predicted molar refractivity (Wildman–Crippen MR) is 102 cm³/mol. The van der Waals surface area contributed by atoms with Gasteiger partial charge in [-0.15, -0.1) is 0 Å². The third kappa shape index (κ3) is 3.77. The molecule has 29 heavy (non-hydrogen) atoms. The number of aliphatic carboxylic acids is 1. The normalized spacial score (nSPS) is 19.7. The highest BCUT2D eigenvalue weighted by Gasteiger charge is 2.40. The molecule has 0 aromatic heterocycles. The fourth-order valence-electron chi connectivity index (χ4n) is 3.92. The minimum Gasteiger partial charge on any atom is -0.507 e. The number of aromatic hydroxyl groups is 1. The van der Waals surface area contributed by atoms with Gasteiger partial charge < -0.3 is 24.8 Å². The molecule has 0 saturated carbocycles. The SMILES string of the molecule is CCCC(OCC)C1=C(O)c2cc3c(c(O)c2C(=O)C1=O)COC(CC(=O)O)C3. The van der Waals surface area contributed by atoms with E-state index < -0.39 is 35.5 Å². The van der Waals surface area contributed by atoms with Crippen LogP contribution in [0.15, 0.2) is 11.6 Å². The van der Waals surface area contributed by atoms with Crippen LogP contribution in [0.25, 0.3) is 5.76 Å². The number of carboxylic acid groups (broad SMARTS) is 1. The van der Waals surface area contributed by atoms with Crippen molar-refractivity contribution in [2.45, 2.75) is 58.3 Å². The highest BCUT2D eigenvalue weighted by Crippen LogP contribution is 2.41. The van der Waals surface area contributed by atoms with Crippen LogP contribution in [0, 0.1) is 0 Å². The van der Waals surface area contributed by atoms with Gasteiger partial charge in [0.25, 0.3) is 0 Å². The maximum Gasteiger partial charge on any atom is 0.305 e. The summed E-state index contributed by atoms with van der Waals surface area (Å²) >= 11 is 0. The van der Waals surface area contributed by atoms with Crippen molar-refractivity contribution in [1.29, 1.82) is 0 Å². The van der Waals surface area contributed by atoms with Gasteiger partial charge in [0.1, 0.15) is 11.5 Å². The molecule has 156 valence electrons. The zero-order valence-corrected chi connectivity index (χ0v) is 16.4. The molecule has 0 amide bonds. The van der Waals surface area contributed by atoms with Gasteiger partial charge in [-0.3, -0.25) is 14.4 Å². The highest BCUT2D eigenvalue weighted by atomic mass is 16.5. The molecule has 2 unspecified atom stereocenters. The minimum atomic E-state index is -1.01. The number of benzene rings is 1. The quantitative estimate of drug-likeness (QED) is 0.591. The summed E-state index contributed by atoms with van der Waals surface area (Å²) in [4.78, 5) is 36.5. The minimum absolute atomic E-state index is 0.0673. The van der Waals surface area contributed by atoms with Crippen molar-refractivity contribution < 1.29 is 39.2 Å². The number of aliphatic hydroxyl groups excluding tert-OH is 1. The van der Waals surface area contributed by atoms with E-state index in [9.17, 15) is 24.6 Å². The van der Waals surface area contributed by atoms with Crippen LogP contribution in [-0.4, -0.2) is 51.7 Å². The zero-order valence-electron chi connectivity index (χ0n) is 16.4. The Labute approximate surface area is 167 Å². The van der Waals surface area contributed by atoms with Crippen molar-refractivity contribution in [3.8, 4) is 5.75 Å². The second kappa shape index (κ2) is 8.34. The molecule has 8 nitrogen and oxygen atoms in total. The number of rotatable bonds is 7. The summed E-state index contributed by atoms with van der Waals surface area (Å²) in [5.41, 5.74) is 0.632. The lowest BCUT2D eigenvalue weighted by atomic mass is 9.81. The molecule has 2 aliphatic rings. The largest absolute Gasteiger partial charge is 0.507 e. The molecule has 0 spiro atoms. The number of phenols is 1. The maximum absolute atomic E-state index is 12.8. The van der Waals surface area contributed by atoms with Gasteiger partial charge in [0.2, 0.25) is 11.6 Å². The fraction of sp³-hybridized carbons (Fsp3) is 0.476. The molecule has 0 bridgehead atoms. The van der Waals surface area contributed by atoms with Crippen molar-refractivity contribution in [3.05, 3.63) is 33.9 Å². The number of hydrogen-bond acceptors (Lipinski definition) is 7. The monoisotopic (exact) mass is 404 g/mol. The number of aliphatic hydroxyl groups is 1. The first kappa shape index (κ1) is 21.0. The highest BCUT2D eigenvalue weighted by molar-refractivity contribution is 6.53. The van der Waals surface area contributed by atoms with Crippen LogP contribution < -0.4 is 0 Å². The van der Waals surface area contributed by atoms with Crippen LogP contribution in [0.3, 0.4) is 0 Å². The molecule has 0 saturated heterocycles. The first-order valence-electron chi connectivity index (χ1n) is 9.65. The molecule has 1 aromatic rings. The molecule has 3 N–H and O–H groups in total. The van der Waals surface area contributed by atoms with Crippen LogP contribution in [0.2, 0.25) is 0 Å². The van der Waals surface area contributed by atoms with Crippen molar-refractivity contribution in [2.75, 3.05) is 6.61 Å².